The van der Waals surface area contributed by atoms with Crippen molar-refractivity contribution in [3.05, 3.63) is 34.3 Å². The van der Waals surface area contributed by atoms with Crippen LogP contribution in [0.3, 0.4) is 0 Å². The Morgan fingerprint density at radius 3 is 2.65 bits per heavy atom. The lowest BCUT2D eigenvalue weighted by Crippen LogP contribution is -2.18. The molecule has 0 saturated heterocycles. The smallest absolute Gasteiger partial charge is 0.210 e. The molecule has 0 bridgehead atoms. The van der Waals surface area contributed by atoms with Crippen molar-refractivity contribution in [2.75, 3.05) is 0 Å². The third kappa shape index (κ3) is 4.01. The molecule has 0 amide bonds. The molecule has 1 aromatic heterocycles. The molecular formula is C16H19BrN4OS. The van der Waals surface area contributed by atoms with Gasteiger partial charge in [0.05, 0.1) is 11.3 Å². The first-order chi connectivity index (χ1) is 11.1. The number of nitrogens with zero attached hydrogens (tertiary/aromatic N) is 4. The van der Waals surface area contributed by atoms with E-state index in [-0.39, 0.29) is 11.0 Å². The van der Waals surface area contributed by atoms with Gasteiger partial charge >= 0.3 is 0 Å². The highest BCUT2D eigenvalue weighted by Gasteiger charge is 2.24. The second kappa shape index (κ2) is 7.57. The van der Waals surface area contributed by atoms with Crippen LogP contribution in [0.1, 0.15) is 55.4 Å². The van der Waals surface area contributed by atoms with Crippen molar-refractivity contribution in [2.24, 2.45) is 0 Å². The summed E-state index contributed by atoms with van der Waals surface area (Å²) < 4.78 is 2.88. The second-order valence-electron chi connectivity index (χ2n) is 5.83. The summed E-state index contributed by atoms with van der Waals surface area (Å²) >= 11 is 4.83. The predicted octanol–water partition coefficient (Wildman–Crippen LogP) is 4.30. The zero-order chi connectivity index (χ0) is 16.2. The van der Waals surface area contributed by atoms with Crippen molar-refractivity contribution in [2.45, 2.75) is 55.5 Å². The number of hydrogen-bond acceptors (Lipinski definition) is 5. The zero-order valence-electron chi connectivity index (χ0n) is 13.0. The van der Waals surface area contributed by atoms with Crippen molar-refractivity contribution in [1.82, 2.24) is 20.2 Å². The largest absolute Gasteiger partial charge is 0.293 e. The van der Waals surface area contributed by atoms with E-state index in [4.69, 9.17) is 0 Å². The molecule has 1 unspecified atom stereocenters. The Morgan fingerprint density at radius 2 is 1.96 bits per heavy atom. The molecule has 122 valence electrons. The van der Waals surface area contributed by atoms with E-state index in [9.17, 15) is 4.79 Å². The Balaban J connectivity index is 1.70. The molecular weight excluding hydrogens is 376 g/mol. The lowest BCUT2D eigenvalue weighted by atomic mass is 9.96. The van der Waals surface area contributed by atoms with Gasteiger partial charge in [-0.25, -0.2) is 4.68 Å². The monoisotopic (exact) mass is 394 g/mol. The van der Waals surface area contributed by atoms with Crippen LogP contribution in [0, 0.1) is 0 Å². The van der Waals surface area contributed by atoms with Gasteiger partial charge in [-0.15, -0.1) is 5.10 Å². The summed E-state index contributed by atoms with van der Waals surface area (Å²) in [7, 11) is 0. The molecule has 0 radical (unpaired) electrons. The first-order valence-corrected chi connectivity index (χ1v) is 9.56. The third-order valence-electron chi connectivity index (χ3n) is 4.16. The van der Waals surface area contributed by atoms with Gasteiger partial charge in [-0.05, 0) is 42.3 Å². The minimum absolute atomic E-state index is 0.0979. The molecule has 1 aliphatic carbocycles. The van der Waals surface area contributed by atoms with Crippen molar-refractivity contribution in [3.63, 3.8) is 0 Å². The predicted molar refractivity (Wildman–Crippen MR) is 93.7 cm³/mol. The molecule has 1 fully saturated rings. The van der Waals surface area contributed by atoms with Gasteiger partial charge in [0.1, 0.15) is 0 Å². The Bertz CT molecular complexity index is 667. The Morgan fingerprint density at radius 1 is 1.26 bits per heavy atom. The number of carbonyl (C=O) groups is 1. The fraction of sp³-hybridized carbons (Fsp3) is 0.500. The molecule has 0 N–H and O–H groups in total. The van der Waals surface area contributed by atoms with Crippen LogP contribution in [-0.4, -0.2) is 31.2 Å². The number of halogens is 1. The summed E-state index contributed by atoms with van der Waals surface area (Å²) in [6.07, 6.45) is 5.98. The van der Waals surface area contributed by atoms with Gasteiger partial charge in [-0.1, -0.05) is 59.1 Å². The number of benzene rings is 1. The van der Waals surface area contributed by atoms with E-state index in [1.54, 1.807) is 0 Å². The summed E-state index contributed by atoms with van der Waals surface area (Å²) in [5, 5.41) is 12.6. The minimum atomic E-state index is -0.218. The fourth-order valence-corrected chi connectivity index (χ4v) is 4.08. The van der Waals surface area contributed by atoms with E-state index in [1.165, 1.54) is 31.0 Å². The molecule has 5 nitrogen and oxygen atoms in total. The fourth-order valence-electron chi connectivity index (χ4n) is 2.88. The molecule has 7 heteroatoms. The van der Waals surface area contributed by atoms with E-state index < -0.39 is 0 Å². The second-order valence-corrected chi connectivity index (χ2v) is 8.05. The first kappa shape index (κ1) is 16.6. The van der Waals surface area contributed by atoms with Crippen LogP contribution in [-0.2, 0) is 0 Å². The zero-order valence-corrected chi connectivity index (χ0v) is 15.4. The third-order valence-corrected chi connectivity index (χ3v) is 5.74. The van der Waals surface area contributed by atoms with Crippen LogP contribution in [0.4, 0.5) is 0 Å². The Labute approximate surface area is 148 Å². The van der Waals surface area contributed by atoms with E-state index in [0.29, 0.717) is 11.6 Å². The minimum Gasteiger partial charge on any atom is -0.293 e. The van der Waals surface area contributed by atoms with Gasteiger partial charge in [-0.3, -0.25) is 4.79 Å². The highest BCUT2D eigenvalue weighted by Crippen LogP contribution is 2.32. The number of tetrazole rings is 1. The van der Waals surface area contributed by atoms with Crippen LogP contribution in [0.2, 0.25) is 0 Å². The van der Waals surface area contributed by atoms with Gasteiger partial charge in [0.2, 0.25) is 5.16 Å². The molecule has 1 saturated carbocycles. The summed E-state index contributed by atoms with van der Waals surface area (Å²) in [6.45, 7) is 1.91. The van der Waals surface area contributed by atoms with Crippen molar-refractivity contribution in [3.8, 4) is 0 Å². The van der Waals surface area contributed by atoms with Gasteiger partial charge < -0.3 is 0 Å². The van der Waals surface area contributed by atoms with E-state index in [2.05, 4.69) is 31.5 Å². The molecule has 0 aliphatic heterocycles. The molecule has 1 heterocycles. The summed E-state index contributed by atoms with van der Waals surface area (Å²) in [5.41, 5.74) is 0.713. The lowest BCUT2D eigenvalue weighted by molar-refractivity contribution is 0.0993. The maximum absolute atomic E-state index is 12.6. The number of carbonyl (C=O) groups excluding carboxylic acids is 1. The average Bonchev–Trinajstić information content (AvgIpc) is 3.04. The maximum Gasteiger partial charge on any atom is 0.210 e. The van der Waals surface area contributed by atoms with Gasteiger partial charge in [0.25, 0.3) is 0 Å². The molecule has 1 atom stereocenters. The number of aromatic nitrogens is 4. The van der Waals surface area contributed by atoms with Crippen molar-refractivity contribution < 1.29 is 4.79 Å². The quantitative estimate of drug-likeness (QED) is 0.558. The van der Waals surface area contributed by atoms with Crippen LogP contribution in [0.25, 0.3) is 0 Å². The maximum atomic E-state index is 12.6. The van der Waals surface area contributed by atoms with E-state index in [1.807, 2.05) is 35.9 Å². The van der Waals surface area contributed by atoms with Crippen LogP contribution in [0.5, 0.6) is 0 Å². The summed E-state index contributed by atoms with van der Waals surface area (Å²) in [4.78, 5) is 12.6. The SMILES string of the molecule is CC(Sc1nnnn1C1CCCCC1)C(=O)c1ccc(Br)cc1. The molecule has 23 heavy (non-hydrogen) atoms. The van der Waals surface area contributed by atoms with Gasteiger partial charge in [0, 0.05) is 10.0 Å². The summed E-state index contributed by atoms with van der Waals surface area (Å²) in [6, 6.07) is 7.82. The number of ketones is 1. The van der Waals surface area contributed by atoms with Crippen molar-refractivity contribution in [1.29, 1.82) is 0 Å². The van der Waals surface area contributed by atoms with Crippen LogP contribution >= 0.6 is 27.7 Å². The van der Waals surface area contributed by atoms with Crippen LogP contribution in [0.15, 0.2) is 33.9 Å². The van der Waals surface area contributed by atoms with E-state index in [0.717, 1.165) is 22.5 Å². The van der Waals surface area contributed by atoms with Gasteiger partial charge in [-0.2, -0.15) is 0 Å². The normalized spacial score (nSPS) is 17.1. The molecule has 1 aromatic carbocycles. The number of hydrogen-bond donors (Lipinski definition) is 0. The highest BCUT2D eigenvalue weighted by atomic mass is 79.9. The average molecular weight is 395 g/mol. The molecule has 2 aromatic rings. The Hall–Kier alpha value is -1.21. The standard InChI is InChI=1S/C16H19BrN4OS/c1-11(15(22)12-7-9-13(17)10-8-12)23-16-18-19-20-21(16)14-5-3-2-4-6-14/h7-11,14H,2-6H2,1H3. The first-order valence-electron chi connectivity index (χ1n) is 7.89. The summed E-state index contributed by atoms with van der Waals surface area (Å²) in [5.74, 6) is 0.0979. The number of Topliss-reactive ketones (excluding diaryl/α,β-unsaturated/α-hetero) is 1. The van der Waals surface area contributed by atoms with Crippen molar-refractivity contribution >= 4 is 33.5 Å². The highest BCUT2D eigenvalue weighted by molar-refractivity contribution is 9.10. The Kier molecular flexibility index (Phi) is 5.48. The molecule has 1 aliphatic rings. The van der Waals surface area contributed by atoms with Crippen LogP contribution < -0.4 is 0 Å². The number of rotatable bonds is 5. The lowest BCUT2D eigenvalue weighted by Gasteiger charge is -2.22. The molecule has 0 spiro atoms. The van der Waals surface area contributed by atoms with E-state index >= 15 is 0 Å². The van der Waals surface area contributed by atoms with Gasteiger partial charge in [0.15, 0.2) is 5.78 Å². The number of thioether (sulfide) groups is 1. The molecule has 3 rings (SSSR count). The topological polar surface area (TPSA) is 60.7 Å².